The summed E-state index contributed by atoms with van der Waals surface area (Å²) in [5.41, 5.74) is 10.1. The average Bonchev–Trinajstić information content (AvgIpc) is 2.61. The minimum atomic E-state index is 1.07. The van der Waals surface area contributed by atoms with E-state index in [-0.39, 0.29) is 0 Å². The highest BCUT2D eigenvalue weighted by atomic mass is 15.1. The Morgan fingerprint density at radius 2 is 1.62 bits per heavy atom. The molecule has 3 heterocycles. The van der Waals surface area contributed by atoms with Crippen LogP contribution in [-0.2, 0) is 32.4 Å². The second kappa shape index (κ2) is 8.32. The molecule has 0 amide bonds. The van der Waals surface area contributed by atoms with Crippen LogP contribution in [-0.4, -0.2) is 42.0 Å². The van der Waals surface area contributed by atoms with E-state index < -0.39 is 0 Å². The monoisotopic (exact) mass is 351 g/mol. The van der Waals surface area contributed by atoms with Crippen LogP contribution < -0.4 is 0 Å². The van der Waals surface area contributed by atoms with Gasteiger partial charge < -0.3 is 9.80 Å². The molecule has 0 saturated carbocycles. The molecule has 0 radical (unpaired) electrons. The fourth-order valence-corrected chi connectivity index (χ4v) is 4.07. The van der Waals surface area contributed by atoms with E-state index in [4.69, 9.17) is 0 Å². The normalized spacial score (nSPS) is 17.1. The molecule has 1 aromatic heterocycles. The highest BCUT2D eigenvalue weighted by molar-refractivity contribution is 5.39. The van der Waals surface area contributed by atoms with Gasteiger partial charge in [-0.15, -0.1) is 0 Å². The topological polar surface area (TPSA) is 19.4 Å². The van der Waals surface area contributed by atoms with Gasteiger partial charge in [0.25, 0.3) is 0 Å². The van der Waals surface area contributed by atoms with Crippen molar-refractivity contribution in [2.24, 2.45) is 0 Å². The minimum absolute atomic E-state index is 1.07. The van der Waals surface area contributed by atoms with E-state index in [1.54, 1.807) is 5.56 Å². The van der Waals surface area contributed by atoms with Crippen molar-refractivity contribution in [2.45, 2.75) is 53.1 Å². The fraction of sp³-hybridized carbons (Fsp3) is 0.522. The number of aromatic nitrogens is 1. The predicted molar refractivity (Wildman–Crippen MR) is 110 cm³/mol. The van der Waals surface area contributed by atoms with Gasteiger partial charge in [0.05, 0.1) is 0 Å². The van der Waals surface area contributed by atoms with Gasteiger partial charge in [0.1, 0.15) is 0 Å². The molecular formula is C23H33N3. The lowest BCUT2D eigenvalue weighted by Gasteiger charge is -2.26. The molecule has 0 saturated heterocycles. The summed E-state index contributed by atoms with van der Waals surface area (Å²) in [6.45, 7) is 11.1. The highest BCUT2D eigenvalue weighted by Crippen LogP contribution is 2.22. The number of benzene rings is 1. The Bertz CT molecular complexity index is 766. The van der Waals surface area contributed by atoms with Crippen molar-refractivity contribution >= 4 is 0 Å². The quantitative estimate of drug-likeness (QED) is 0.776. The molecule has 2 aliphatic heterocycles. The zero-order valence-electron chi connectivity index (χ0n) is 17.1. The molecule has 4 rings (SSSR count). The van der Waals surface area contributed by atoms with Gasteiger partial charge in [-0.05, 0) is 68.6 Å². The van der Waals surface area contributed by atoms with Crippen molar-refractivity contribution < 1.29 is 0 Å². The number of nitrogens with zero attached hydrogens (tertiary/aromatic N) is 3. The van der Waals surface area contributed by atoms with Gasteiger partial charge in [-0.25, -0.2) is 0 Å². The lowest BCUT2D eigenvalue weighted by Crippen LogP contribution is -2.27. The summed E-state index contributed by atoms with van der Waals surface area (Å²) in [6.07, 6.45) is 5.43. The van der Waals surface area contributed by atoms with E-state index in [1.165, 1.54) is 46.5 Å². The van der Waals surface area contributed by atoms with Crippen LogP contribution in [0.3, 0.4) is 0 Å². The predicted octanol–water partition coefficient (Wildman–Crippen LogP) is 3.92. The Labute approximate surface area is 159 Å². The number of fused-ring (bicyclic) bond motifs is 2. The first-order valence-corrected chi connectivity index (χ1v) is 9.89. The summed E-state index contributed by atoms with van der Waals surface area (Å²) >= 11 is 0. The van der Waals surface area contributed by atoms with Crippen molar-refractivity contribution in [1.82, 2.24) is 14.8 Å². The molecule has 0 fully saturated rings. The Balaban J connectivity index is 0.000000151. The van der Waals surface area contributed by atoms with Crippen molar-refractivity contribution in [2.75, 3.05) is 27.2 Å². The Morgan fingerprint density at radius 3 is 2.35 bits per heavy atom. The molecule has 26 heavy (non-hydrogen) atoms. The molecule has 3 nitrogen and oxygen atoms in total. The van der Waals surface area contributed by atoms with E-state index >= 15 is 0 Å². The number of hydrogen-bond donors (Lipinski definition) is 0. The second-order valence-electron chi connectivity index (χ2n) is 8.00. The number of aryl methyl sites for hydroxylation is 3. The third-order valence-corrected chi connectivity index (χ3v) is 5.59. The summed E-state index contributed by atoms with van der Waals surface area (Å²) in [4.78, 5) is 9.24. The first kappa shape index (κ1) is 19.1. The van der Waals surface area contributed by atoms with Crippen LogP contribution in [0, 0.1) is 13.8 Å². The van der Waals surface area contributed by atoms with Crippen molar-refractivity contribution in [1.29, 1.82) is 0 Å². The molecule has 0 unspecified atom stereocenters. The summed E-state index contributed by atoms with van der Waals surface area (Å²) in [5.74, 6) is 0. The molecule has 0 atom stereocenters. The number of hydrogen-bond acceptors (Lipinski definition) is 3. The third-order valence-electron chi connectivity index (χ3n) is 5.59. The lowest BCUT2D eigenvalue weighted by molar-refractivity contribution is 0.309. The zero-order valence-corrected chi connectivity index (χ0v) is 17.1. The molecule has 0 spiro atoms. The van der Waals surface area contributed by atoms with Crippen LogP contribution in [0.5, 0.6) is 0 Å². The maximum Gasteiger partial charge on any atom is 0.0461 e. The van der Waals surface area contributed by atoms with Gasteiger partial charge in [0.15, 0.2) is 0 Å². The van der Waals surface area contributed by atoms with Gasteiger partial charge in [-0.1, -0.05) is 30.7 Å². The number of rotatable bonds is 1. The maximum absolute atomic E-state index is 4.50. The molecular weight excluding hydrogens is 318 g/mol. The van der Waals surface area contributed by atoms with E-state index in [2.05, 4.69) is 67.8 Å². The third kappa shape index (κ3) is 4.52. The maximum atomic E-state index is 4.50. The molecule has 0 bridgehead atoms. The van der Waals surface area contributed by atoms with Crippen LogP contribution >= 0.6 is 0 Å². The van der Waals surface area contributed by atoms with Gasteiger partial charge in [0, 0.05) is 44.5 Å². The van der Waals surface area contributed by atoms with Crippen molar-refractivity contribution in [3.63, 3.8) is 0 Å². The van der Waals surface area contributed by atoms with Crippen LogP contribution in [0.25, 0.3) is 0 Å². The summed E-state index contributed by atoms with van der Waals surface area (Å²) in [7, 11) is 4.36. The van der Waals surface area contributed by atoms with Gasteiger partial charge in [-0.2, -0.15) is 0 Å². The fourth-order valence-electron chi connectivity index (χ4n) is 4.07. The zero-order chi connectivity index (χ0) is 18.7. The van der Waals surface area contributed by atoms with Gasteiger partial charge in [-0.3, -0.25) is 4.98 Å². The van der Waals surface area contributed by atoms with E-state index in [9.17, 15) is 0 Å². The van der Waals surface area contributed by atoms with Crippen LogP contribution in [0.1, 0.15) is 46.0 Å². The Morgan fingerprint density at radius 1 is 0.923 bits per heavy atom. The van der Waals surface area contributed by atoms with E-state index in [1.807, 2.05) is 6.20 Å². The molecule has 2 aromatic rings. The van der Waals surface area contributed by atoms with E-state index in [0.717, 1.165) is 32.5 Å². The van der Waals surface area contributed by atoms with Gasteiger partial charge >= 0.3 is 0 Å². The molecule has 0 N–H and O–H groups in total. The Hall–Kier alpha value is -1.71. The van der Waals surface area contributed by atoms with E-state index in [0.29, 0.717) is 0 Å². The van der Waals surface area contributed by atoms with Crippen LogP contribution in [0.2, 0.25) is 0 Å². The van der Waals surface area contributed by atoms with Crippen LogP contribution in [0.4, 0.5) is 0 Å². The smallest absolute Gasteiger partial charge is 0.0461 e. The van der Waals surface area contributed by atoms with Gasteiger partial charge in [0.2, 0.25) is 0 Å². The average molecular weight is 352 g/mol. The SMILES string of the molecule is CCc1cnc2c(c1)CN(C)CC2.Cc1cc(C)c2c(c1)CN(C)CC2. The molecule has 140 valence electrons. The number of likely N-dealkylation sites (N-methyl/N-ethyl adjacent to an activating group) is 2. The molecule has 3 heteroatoms. The summed E-state index contributed by atoms with van der Waals surface area (Å²) in [6, 6.07) is 6.93. The molecule has 2 aliphatic rings. The van der Waals surface area contributed by atoms with Crippen LogP contribution in [0.15, 0.2) is 24.4 Å². The molecule has 0 aliphatic carbocycles. The number of pyridine rings is 1. The second-order valence-corrected chi connectivity index (χ2v) is 8.00. The lowest BCUT2D eigenvalue weighted by atomic mass is 9.93. The largest absolute Gasteiger partial charge is 0.302 e. The minimum Gasteiger partial charge on any atom is -0.302 e. The molecule has 1 aromatic carbocycles. The summed E-state index contributed by atoms with van der Waals surface area (Å²) < 4.78 is 0. The standard InChI is InChI=1S/C12H17N.C11H16N2/c1-9-6-10(2)12-4-5-13(3)8-11(12)7-9;1-3-9-6-10-8-13(2)5-4-11(10)12-7-9/h6-7H,4-5,8H2,1-3H3;6-7H,3-5,8H2,1-2H3. The summed E-state index contributed by atoms with van der Waals surface area (Å²) in [5, 5.41) is 0. The Kier molecular flexibility index (Phi) is 6.10. The van der Waals surface area contributed by atoms with Crippen molar-refractivity contribution in [3.8, 4) is 0 Å². The van der Waals surface area contributed by atoms with Crippen molar-refractivity contribution in [3.05, 3.63) is 63.5 Å². The first-order chi connectivity index (χ1) is 12.5. The first-order valence-electron chi connectivity index (χ1n) is 9.89. The highest BCUT2D eigenvalue weighted by Gasteiger charge is 2.15.